The summed E-state index contributed by atoms with van der Waals surface area (Å²) in [6, 6.07) is 4.60. The molecule has 5 heteroatoms. The number of benzene rings is 1. The van der Waals surface area contributed by atoms with Gasteiger partial charge in [0.25, 0.3) is 0 Å². The first-order valence-corrected chi connectivity index (χ1v) is 5.64. The molecule has 1 aromatic carbocycles. The van der Waals surface area contributed by atoms with Crippen molar-refractivity contribution in [3.63, 3.8) is 0 Å². The predicted molar refractivity (Wildman–Crippen MR) is 68.4 cm³/mol. The van der Waals surface area contributed by atoms with Crippen LogP contribution < -0.4 is 5.73 Å². The van der Waals surface area contributed by atoms with Gasteiger partial charge in [0.05, 0.1) is 19.3 Å². The first-order chi connectivity index (χ1) is 8.04. The minimum Gasteiger partial charge on any atom is -0.389 e. The second-order valence-corrected chi connectivity index (χ2v) is 4.20. The first-order valence-electron chi connectivity index (χ1n) is 5.23. The third kappa shape index (κ3) is 4.38. The third-order valence-electron chi connectivity index (χ3n) is 2.23. The molecule has 0 saturated carbocycles. The van der Waals surface area contributed by atoms with Crippen LogP contribution in [0.5, 0.6) is 0 Å². The van der Waals surface area contributed by atoms with E-state index in [1.807, 2.05) is 6.92 Å². The van der Waals surface area contributed by atoms with Gasteiger partial charge in [0, 0.05) is 12.7 Å². The maximum Gasteiger partial charge on any atom is 0.133 e. The summed E-state index contributed by atoms with van der Waals surface area (Å²) in [5.74, 6) is -0.411. The van der Waals surface area contributed by atoms with Crippen molar-refractivity contribution in [3.05, 3.63) is 35.1 Å². The molecule has 94 valence electrons. The van der Waals surface area contributed by atoms with Crippen molar-refractivity contribution in [2.45, 2.75) is 19.6 Å². The summed E-state index contributed by atoms with van der Waals surface area (Å²) in [4.78, 5) is 0.0503. The van der Waals surface area contributed by atoms with E-state index in [2.05, 4.69) is 0 Å². The SMILES string of the molecule is COCC(C)OCc1ccc(F)c(C(N)=S)c1. The highest BCUT2D eigenvalue weighted by Gasteiger charge is 2.07. The van der Waals surface area contributed by atoms with Crippen LogP contribution in [0.15, 0.2) is 18.2 Å². The molecule has 0 bridgehead atoms. The average Bonchev–Trinajstić information content (AvgIpc) is 2.28. The van der Waals surface area contributed by atoms with E-state index in [-0.39, 0.29) is 16.7 Å². The molecule has 0 saturated heterocycles. The molecule has 0 aliphatic rings. The Morgan fingerprint density at radius 1 is 1.53 bits per heavy atom. The van der Waals surface area contributed by atoms with E-state index < -0.39 is 5.82 Å². The number of rotatable bonds is 6. The molecule has 17 heavy (non-hydrogen) atoms. The highest BCUT2D eigenvalue weighted by molar-refractivity contribution is 7.80. The lowest BCUT2D eigenvalue weighted by atomic mass is 10.1. The van der Waals surface area contributed by atoms with Gasteiger partial charge < -0.3 is 15.2 Å². The Hall–Kier alpha value is -1.04. The van der Waals surface area contributed by atoms with Crippen LogP contribution in [0.2, 0.25) is 0 Å². The van der Waals surface area contributed by atoms with Crippen LogP contribution in [0.25, 0.3) is 0 Å². The minimum atomic E-state index is -0.411. The zero-order valence-corrected chi connectivity index (χ0v) is 10.7. The van der Waals surface area contributed by atoms with Crippen molar-refractivity contribution in [3.8, 4) is 0 Å². The monoisotopic (exact) mass is 257 g/mol. The summed E-state index contributed by atoms with van der Waals surface area (Å²) in [5.41, 5.74) is 6.50. The topological polar surface area (TPSA) is 44.5 Å². The maximum atomic E-state index is 13.3. The number of nitrogens with two attached hydrogens (primary N) is 1. The molecule has 0 heterocycles. The van der Waals surface area contributed by atoms with Crippen LogP contribution in [-0.4, -0.2) is 24.8 Å². The van der Waals surface area contributed by atoms with Crippen molar-refractivity contribution in [2.24, 2.45) is 5.73 Å². The van der Waals surface area contributed by atoms with Gasteiger partial charge in [-0.2, -0.15) is 0 Å². The van der Waals surface area contributed by atoms with Crippen LogP contribution in [0.1, 0.15) is 18.1 Å². The third-order valence-corrected chi connectivity index (χ3v) is 2.45. The Balaban J connectivity index is 2.66. The van der Waals surface area contributed by atoms with E-state index in [1.54, 1.807) is 19.2 Å². The molecule has 0 radical (unpaired) electrons. The highest BCUT2D eigenvalue weighted by Crippen LogP contribution is 2.12. The summed E-state index contributed by atoms with van der Waals surface area (Å²) in [7, 11) is 1.61. The van der Waals surface area contributed by atoms with Gasteiger partial charge in [0.1, 0.15) is 10.8 Å². The number of halogens is 1. The fourth-order valence-electron chi connectivity index (χ4n) is 1.37. The highest BCUT2D eigenvalue weighted by atomic mass is 32.1. The van der Waals surface area contributed by atoms with E-state index in [9.17, 15) is 4.39 Å². The van der Waals surface area contributed by atoms with Crippen molar-refractivity contribution in [2.75, 3.05) is 13.7 Å². The van der Waals surface area contributed by atoms with Crippen LogP contribution in [0.3, 0.4) is 0 Å². The summed E-state index contributed by atoms with van der Waals surface area (Å²) in [6.45, 7) is 2.80. The summed E-state index contributed by atoms with van der Waals surface area (Å²) in [5, 5.41) is 0. The molecule has 0 fully saturated rings. The van der Waals surface area contributed by atoms with Gasteiger partial charge in [-0.25, -0.2) is 4.39 Å². The van der Waals surface area contributed by atoms with Gasteiger partial charge in [-0.05, 0) is 24.6 Å². The Labute approximate surface area is 106 Å². The molecule has 2 N–H and O–H groups in total. The van der Waals surface area contributed by atoms with E-state index in [0.717, 1.165) is 5.56 Å². The zero-order chi connectivity index (χ0) is 12.8. The van der Waals surface area contributed by atoms with Crippen molar-refractivity contribution >= 4 is 17.2 Å². The lowest BCUT2D eigenvalue weighted by Crippen LogP contribution is -2.15. The molecule has 1 atom stereocenters. The van der Waals surface area contributed by atoms with Gasteiger partial charge in [0.15, 0.2) is 0 Å². The molecule has 1 rings (SSSR count). The quantitative estimate of drug-likeness (QED) is 0.792. The van der Waals surface area contributed by atoms with Crippen molar-refractivity contribution in [1.82, 2.24) is 0 Å². The molecular weight excluding hydrogens is 241 g/mol. The van der Waals surface area contributed by atoms with Crippen LogP contribution in [-0.2, 0) is 16.1 Å². The molecule has 0 aliphatic carbocycles. The van der Waals surface area contributed by atoms with E-state index in [0.29, 0.717) is 13.2 Å². The van der Waals surface area contributed by atoms with Crippen molar-refractivity contribution in [1.29, 1.82) is 0 Å². The number of methoxy groups -OCH3 is 1. The summed E-state index contributed by atoms with van der Waals surface area (Å²) < 4.78 is 23.8. The van der Waals surface area contributed by atoms with Crippen LogP contribution >= 0.6 is 12.2 Å². The van der Waals surface area contributed by atoms with E-state index in [4.69, 9.17) is 27.4 Å². The smallest absolute Gasteiger partial charge is 0.133 e. The van der Waals surface area contributed by atoms with Crippen LogP contribution in [0.4, 0.5) is 4.39 Å². The lowest BCUT2D eigenvalue weighted by molar-refractivity contribution is -0.000144. The van der Waals surface area contributed by atoms with E-state index in [1.165, 1.54) is 6.07 Å². The molecule has 0 amide bonds. The molecule has 0 aliphatic heterocycles. The molecule has 0 spiro atoms. The predicted octanol–water partition coefficient (Wildman–Crippen LogP) is 2.01. The lowest BCUT2D eigenvalue weighted by Gasteiger charge is -2.12. The van der Waals surface area contributed by atoms with Crippen LogP contribution in [0, 0.1) is 5.82 Å². The zero-order valence-electron chi connectivity index (χ0n) is 9.90. The Bertz CT molecular complexity index is 398. The fourth-order valence-corrected chi connectivity index (χ4v) is 1.53. The molecular formula is C12H16FNO2S. The van der Waals surface area contributed by atoms with Gasteiger partial charge in [0.2, 0.25) is 0 Å². The molecule has 1 unspecified atom stereocenters. The standard InChI is InChI=1S/C12H16FNO2S/c1-8(6-15-2)16-7-9-3-4-11(13)10(5-9)12(14)17/h3-5,8H,6-7H2,1-2H3,(H2,14,17). The average molecular weight is 257 g/mol. The van der Waals surface area contributed by atoms with Crippen molar-refractivity contribution < 1.29 is 13.9 Å². The summed E-state index contributed by atoms with van der Waals surface area (Å²) >= 11 is 4.76. The molecule has 0 aromatic heterocycles. The normalized spacial score (nSPS) is 12.4. The van der Waals surface area contributed by atoms with Gasteiger partial charge in [-0.3, -0.25) is 0 Å². The maximum absolute atomic E-state index is 13.3. The van der Waals surface area contributed by atoms with Gasteiger partial charge >= 0.3 is 0 Å². The number of ether oxygens (including phenoxy) is 2. The Morgan fingerprint density at radius 3 is 2.82 bits per heavy atom. The van der Waals surface area contributed by atoms with Gasteiger partial charge in [-0.1, -0.05) is 18.3 Å². The second-order valence-electron chi connectivity index (χ2n) is 3.76. The Kier molecular flexibility index (Phi) is 5.47. The number of hydrogen-bond acceptors (Lipinski definition) is 3. The number of hydrogen-bond donors (Lipinski definition) is 1. The molecule has 3 nitrogen and oxygen atoms in total. The molecule has 1 aromatic rings. The Morgan fingerprint density at radius 2 is 2.24 bits per heavy atom. The second kappa shape index (κ2) is 6.64. The summed E-state index contributed by atoms with van der Waals surface area (Å²) in [6.07, 6.45) is -0.0154. The largest absolute Gasteiger partial charge is 0.389 e. The number of thiocarbonyl (C=S) groups is 1. The van der Waals surface area contributed by atoms with Gasteiger partial charge in [-0.15, -0.1) is 0 Å². The first kappa shape index (κ1) is 14.0. The van der Waals surface area contributed by atoms with E-state index >= 15 is 0 Å². The fraction of sp³-hybridized carbons (Fsp3) is 0.417. The minimum absolute atomic E-state index is 0.0154.